The maximum Gasteiger partial charge on any atom is 0.233 e. The third-order valence-electron chi connectivity index (χ3n) is 2.87. The number of nitrogen functional groups attached to an aromatic ring is 1. The molecule has 1 aromatic carbocycles. The Bertz CT molecular complexity index is 492. The van der Waals surface area contributed by atoms with Crippen LogP contribution in [0.4, 0.5) is 5.69 Å². The van der Waals surface area contributed by atoms with E-state index in [1.54, 1.807) is 12.1 Å². The second-order valence-corrected chi connectivity index (χ2v) is 6.63. The van der Waals surface area contributed by atoms with Crippen molar-refractivity contribution in [3.8, 4) is 0 Å². The van der Waals surface area contributed by atoms with Crippen LogP contribution >= 0.6 is 11.6 Å². The SMILES string of the molecule is CC(C)C(C)NC(=O)CS(=O)c1cc(Cl)ccc1N. The maximum atomic E-state index is 12.1. The fourth-order valence-electron chi connectivity index (χ4n) is 1.36. The molecule has 2 unspecified atom stereocenters. The van der Waals surface area contributed by atoms with E-state index in [1.807, 2.05) is 20.8 Å². The van der Waals surface area contributed by atoms with Crippen LogP contribution in [0.2, 0.25) is 5.02 Å². The molecule has 0 fully saturated rings. The van der Waals surface area contributed by atoms with Crippen molar-refractivity contribution in [2.24, 2.45) is 5.92 Å². The van der Waals surface area contributed by atoms with Gasteiger partial charge in [0.25, 0.3) is 0 Å². The second-order valence-electron chi connectivity index (χ2n) is 4.77. The zero-order valence-electron chi connectivity index (χ0n) is 11.3. The minimum atomic E-state index is -1.49. The van der Waals surface area contributed by atoms with Gasteiger partial charge in [-0.05, 0) is 31.0 Å². The number of carbonyl (C=O) groups excluding carboxylic acids is 1. The molecule has 0 spiro atoms. The van der Waals surface area contributed by atoms with Crippen molar-refractivity contribution in [2.45, 2.75) is 31.7 Å². The van der Waals surface area contributed by atoms with E-state index >= 15 is 0 Å². The summed E-state index contributed by atoms with van der Waals surface area (Å²) in [6, 6.07) is 4.79. The Kier molecular flexibility index (Phi) is 5.82. The Labute approximate surface area is 121 Å². The van der Waals surface area contributed by atoms with Crippen LogP contribution in [0.15, 0.2) is 23.1 Å². The van der Waals surface area contributed by atoms with Gasteiger partial charge in [-0.25, -0.2) is 0 Å². The van der Waals surface area contributed by atoms with E-state index < -0.39 is 10.8 Å². The fraction of sp³-hybridized carbons (Fsp3) is 0.462. The molecule has 0 bridgehead atoms. The van der Waals surface area contributed by atoms with Crippen LogP contribution in [-0.2, 0) is 15.6 Å². The normalized spacial score (nSPS) is 14.2. The van der Waals surface area contributed by atoms with Gasteiger partial charge in [-0.3, -0.25) is 9.00 Å². The maximum absolute atomic E-state index is 12.1. The molecule has 2 atom stereocenters. The Balaban J connectivity index is 2.69. The molecule has 0 heterocycles. The third-order valence-corrected chi connectivity index (χ3v) is 4.48. The molecule has 0 saturated carbocycles. The van der Waals surface area contributed by atoms with Gasteiger partial charge >= 0.3 is 0 Å². The van der Waals surface area contributed by atoms with Crippen LogP contribution in [0.5, 0.6) is 0 Å². The highest BCUT2D eigenvalue weighted by molar-refractivity contribution is 7.86. The van der Waals surface area contributed by atoms with Crippen molar-refractivity contribution < 1.29 is 9.00 Å². The number of nitrogens with two attached hydrogens (primary N) is 1. The molecule has 0 aliphatic rings. The van der Waals surface area contributed by atoms with Gasteiger partial charge < -0.3 is 11.1 Å². The number of hydrogen-bond donors (Lipinski definition) is 2. The Morgan fingerprint density at radius 3 is 2.63 bits per heavy atom. The van der Waals surface area contributed by atoms with Gasteiger partial charge in [-0.2, -0.15) is 0 Å². The Morgan fingerprint density at radius 2 is 2.05 bits per heavy atom. The first kappa shape index (κ1) is 16.0. The molecule has 1 amide bonds. The molecule has 0 saturated heterocycles. The standard InChI is InChI=1S/C13H19ClN2O2S/c1-8(2)9(3)16-13(17)7-19(18)12-6-10(14)4-5-11(12)15/h4-6,8-9H,7,15H2,1-3H3,(H,16,17). The van der Waals surface area contributed by atoms with Gasteiger partial charge in [-0.15, -0.1) is 0 Å². The average Bonchev–Trinajstić information content (AvgIpc) is 2.31. The summed E-state index contributed by atoms with van der Waals surface area (Å²) in [5.41, 5.74) is 6.11. The number of halogens is 1. The fourth-order valence-corrected chi connectivity index (χ4v) is 2.67. The van der Waals surface area contributed by atoms with E-state index in [9.17, 15) is 9.00 Å². The lowest BCUT2D eigenvalue weighted by Gasteiger charge is -2.17. The van der Waals surface area contributed by atoms with Crippen molar-refractivity contribution in [3.05, 3.63) is 23.2 Å². The molecule has 19 heavy (non-hydrogen) atoms. The lowest BCUT2D eigenvalue weighted by atomic mass is 10.1. The first-order valence-corrected chi connectivity index (χ1v) is 7.73. The molecular weight excluding hydrogens is 284 g/mol. The molecule has 106 valence electrons. The smallest absolute Gasteiger partial charge is 0.233 e. The molecule has 1 rings (SSSR count). The quantitative estimate of drug-likeness (QED) is 0.819. The number of amides is 1. The Morgan fingerprint density at radius 1 is 1.42 bits per heavy atom. The van der Waals surface area contributed by atoms with Gasteiger partial charge in [0.1, 0.15) is 5.75 Å². The lowest BCUT2D eigenvalue weighted by Crippen LogP contribution is -2.38. The van der Waals surface area contributed by atoms with Crippen molar-refractivity contribution in [3.63, 3.8) is 0 Å². The number of hydrogen-bond acceptors (Lipinski definition) is 3. The van der Waals surface area contributed by atoms with Gasteiger partial charge in [0.2, 0.25) is 5.91 Å². The number of rotatable bonds is 5. The van der Waals surface area contributed by atoms with Crippen molar-refractivity contribution in [1.82, 2.24) is 5.32 Å². The van der Waals surface area contributed by atoms with E-state index in [4.69, 9.17) is 17.3 Å². The number of anilines is 1. The lowest BCUT2D eigenvalue weighted by molar-refractivity contribution is -0.119. The summed E-state index contributed by atoms with van der Waals surface area (Å²) in [6.45, 7) is 5.94. The monoisotopic (exact) mass is 302 g/mol. The minimum absolute atomic E-state index is 0.0428. The predicted molar refractivity (Wildman–Crippen MR) is 79.6 cm³/mol. The minimum Gasteiger partial charge on any atom is -0.398 e. The van der Waals surface area contributed by atoms with Crippen molar-refractivity contribution >= 4 is 34.0 Å². The van der Waals surface area contributed by atoms with Crippen LogP contribution in [-0.4, -0.2) is 21.9 Å². The summed E-state index contributed by atoms with van der Waals surface area (Å²) in [6.07, 6.45) is 0. The largest absolute Gasteiger partial charge is 0.398 e. The number of carbonyl (C=O) groups is 1. The molecule has 0 aliphatic carbocycles. The molecule has 0 radical (unpaired) electrons. The predicted octanol–water partition coefficient (Wildman–Crippen LogP) is 2.19. The molecule has 0 aliphatic heterocycles. The molecule has 6 heteroatoms. The molecule has 3 N–H and O–H groups in total. The van der Waals surface area contributed by atoms with Crippen LogP contribution in [0, 0.1) is 5.92 Å². The Hall–Kier alpha value is -1.07. The van der Waals surface area contributed by atoms with Crippen molar-refractivity contribution in [1.29, 1.82) is 0 Å². The highest BCUT2D eigenvalue weighted by atomic mass is 35.5. The van der Waals surface area contributed by atoms with Gasteiger partial charge in [0.05, 0.1) is 15.7 Å². The summed E-state index contributed by atoms with van der Waals surface area (Å²) >= 11 is 5.83. The molecule has 4 nitrogen and oxygen atoms in total. The van der Waals surface area contributed by atoms with E-state index in [2.05, 4.69) is 5.32 Å². The summed E-state index contributed by atoms with van der Waals surface area (Å²) in [4.78, 5) is 12.2. The van der Waals surface area contributed by atoms with Crippen LogP contribution in [0.25, 0.3) is 0 Å². The number of benzene rings is 1. The average molecular weight is 303 g/mol. The third kappa shape index (κ3) is 4.84. The van der Waals surface area contributed by atoms with Gasteiger partial charge in [0, 0.05) is 16.8 Å². The van der Waals surface area contributed by atoms with Gasteiger partial charge in [-0.1, -0.05) is 25.4 Å². The highest BCUT2D eigenvalue weighted by Gasteiger charge is 2.16. The first-order chi connectivity index (χ1) is 8.81. The number of nitrogens with one attached hydrogen (secondary N) is 1. The van der Waals surface area contributed by atoms with Crippen LogP contribution in [0.3, 0.4) is 0 Å². The first-order valence-electron chi connectivity index (χ1n) is 6.04. The zero-order chi connectivity index (χ0) is 14.6. The topological polar surface area (TPSA) is 72.2 Å². The second kappa shape index (κ2) is 6.91. The molecule has 0 aromatic heterocycles. The summed E-state index contributed by atoms with van der Waals surface area (Å²) in [7, 11) is -1.49. The molecule has 1 aromatic rings. The van der Waals surface area contributed by atoms with Crippen molar-refractivity contribution in [2.75, 3.05) is 11.5 Å². The molecular formula is C13H19ClN2O2S. The highest BCUT2D eigenvalue weighted by Crippen LogP contribution is 2.21. The summed E-state index contributed by atoms with van der Waals surface area (Å²) < 4.78 is 12.1. The summed E-state index contributed by atoms with van der Waals surface area (Å²) in [5, 5.41) is 3.26. The van der Waals surface area contributed by atoms with E-state index in [-0.39, 0.29) is 17.7 Å². The van der Waals surface area contributed by atoms with Crippen LogP contribution in [0.1, 0.15) is 20.8 Å². The zero-order valence-corrected chi connectivity index (χ0v) is 12.8. The van der Waals surface area contributed by atoms with Gasteiger partial charge in [0.15, 0.2) is 0 Å². The van der Waals surface area contributed by atoms with E-state index in [1.165, 1.54) is 6.07 Å². The summed E-state index contributed by atoms with van der Waals surface area (Å²) in [5.74, 6) is -0.0331. The van der Waals surface area contributed by atoms with Crippen LogP contribution < -0.4 is 11.1 Å². The van der Waals surface area contributed by atoms with E-state index in [0.717, 1.165) is 0 Å². The van der Waals surface area contributed by atoms with E-state index in [0.29, 0.717) is 21.5 Å².